The molecule has 0 unspecified atom stereocenters. The van der Waals surface area contributed by atoms with Crippen LogP contribution in [0.2, 0.25) is 0 Å². The van der Waals surface area contributed by atoms with E-state index in [-0.39, 0.29) is 5.41 Å². The molecule has 0 N–H and O–H groups in total. The topological polar surface area (TPSA) is 12.5 Å². The highest BCUT2D eigenvalue weighted by atomic mass is 16.5. The molecule has 2 aliphatic heterocycles. The van der Waals surface area contributed by atoms with Crippen LogP contribution in [0.3, 0.4) is 0 Å². The quantitative estimate of drug-likeness (QED) is 0.350. The summed E-state index contributed by atoms with van der Waals surface area (Å²) in [4.78, 5) is 2.36. The monoisotopic (exact) mass is 386 g/mol. The minimum Gasteiger partial charge on any atom is -0.458 e. The second-order valence-corrected chi connectivity index (χ2v) is 8.50. The standard InChI is InChI=1S/C27H21BNO/c1-27(2)19-9-3-6-12-23(19)29(24-13-7-4-10-20(24)27)18-15-16-22-26(17-18)30-25-14-8-5-11-21(25)28-22/h3-17H,1-2H3. The highest BCUT2D eigenvalue weighted by molar-refractivity contribution is 6.69. The second kappa shape index (κ2) is 6.27. The highest BCUT2D eigenvalue weighted by Gasteiger charge is 2.36. The number of rotatable bonds is 1. The Morgan fingerprint density at radius 2 is 1.27 bits per heavy atom. The first-order valence-electron chi connectivity index (χ1n) is 10.4. The molecule has 0 aromatic heterocycles. The highest BCUT2D eigenvalue weighted by Crippen LogP contribution is 2.51. The van der Waals surface area contributed by atoms with E-state index in [0.717, 1.165) is 28.1 Å². The van der Waals surface area contributed by atoms with Crippen molar-refractivity contribution in [1.82, 2.24) is 0 Å². The van der Waals surface area contributed by atoms with Crippen LogP contribution in [-0.4, -0.2) is 7.28 Å². The first kappa shape index (κ1) is 17.4. The molecular weight excluding hydrogens is 365 g/mol. The average molecular weight is 386 g/mol. The van der Waals surface area contributed by atoms with Crippen LogP contribution in [0.5, 0.6) is 11.5 Å². The van der Waals surface area contributed by atoms with Gasteiger partial charge in [0.15, 0.2) is 0 Å². The maximum Gasteiger partial charge on any atom is 0.201 e. The lowest BCUT2D eigenvalue weighted by Crippen LogP contribution is -2.34. The molecule has 3 heteroatoms. The number of nitrogens with zero attached hydrogens (tertiary/aromatic N) is 1. The fraction of sp³-hybridized carbons (Fsp3) is 0.111. The summed E-state index contributed by atoms with van der Waals surface area (Å²) in [7, 11) is 2.19. The third-order valence-electron chi connectivity index (χ3n) is 6.34. The molecule has 0 saturated heterocycles. The van der Waals surface area contributed by atoms with E-state index in [1.54, 1.807) is 0 Å². The fourth-order valence-electron chi connectivity index (χ4n) is 4.80. The van der Waals surface area contributed by atoms with Crippen LogP contribution < -0.4 is 20.6 Å². The normalized spacial score (nSPS) is 15.1. The molecule has 4 aromatic rings. The van der Waals surface area contributed by atoms with Crippen molar-refractivity contribution in [2.24, 2.45) is 0 Å². The zero-order valence-corrected chi connectivity index (χ0v) is 17.1. The second-order valence-electron chi connectivity index (χ2n) is 8.50. The Morgan fingerprint density at radius 3 is 2.00 bits per heavy atom. The van der Waals surface area contributed by atoms with Gasteiger partial charge in [-0.25, -0.2) is 0 Å². The molecule has 30 heavy (non-hydrogen) atoms. The molecular formula is C27H21BNO. The van der Waals surface area contributed by atoms with E-state index < -0.39 is 0 Å². The molecule has 0 saturated carbocycles. The summed E-state index contributed by atoms with van der Waals surface area (Å²) in [6.07, 6.45) is 0. The van der Waals surface area contributed by atoms with Gasteiger partial charge in [-0.05, 0) is 46.3 Å². The van der Waals surface area contributed by atoms with Gasteiger partial charge in [0.05, 0.1) is 11.4 Å². The zero-order valence-electron chi connectivity index (χ0n) is 17.1. The molecule has 2 heterocycles. The molecule has 2 nitrogen and oxygen atoms in total. The Labute approximate surface area is 178 Å². The van der Waals surface area contributed by atoms with E-state index in [9.17, 15) is 0 Å². The maximum absolute atomic E-state index is 6.27. The fourth-order valence-corrected chi connectivity index (χ4v) is 4.80. The van der Waals surface area contributed by atoms with Crippen LogP contribution in [0.15, 0.2) is 91.0 Å². The van der Waals surface area contributed by atoms with Crippen molar-refractivity contribution in [3.05, 3.63) is 102 Å². The van der Waals surface area contributed by atoms with Gasteiger partial charge in [0.2, 0.25) is 7.28 Å². The van der Waals surface area contributed by atoms with Gasteiger partial charge in [-0.2, -0.15) is 0 Å². The molecule has 0 fully saturated rings. The van der Waals surface area contributed by atoms with Crippen LogP contribution in [0.25, 0.3) is 0 Å². The number of hydrogen-bond donors (Lipinski definition) is 0. The molecule has 6 rings (SSSR count). The van der Waals surface area contributed by atoms with Crippen molar-refractivity contribution in [1.29, 1.82) is 0 Å². The Morgan fingerprint density at radius 1 is 0.667 bits per heavy atom. The molecule has 0 amide bonds. The smallest absolute Gasteiger partial charge is 0.201 e. The Hall–Kier alpha value is -3.46. The van der Waals surface area contributed by atoms with Crippen molar-refractivity contribution >= 4 is 35.3 Å². The van der Waals surface area contributed by atoms with E-state index in [4.69, 9.17) is 4.74 Å². The number of fused-ring (bicyclic) bond motifs is 4. The minimum absolute atomic E-state index is 0.0545. The third-order valence-corrected chi connectivity index (χ3v) is 6.34. The van der Waals surface area contributed by atoms with Gasteiger partial charge in [0.1, 0.15) is 11.5 Å². The van der Waals surface area contributed by atoms with Gasteiger partial charge in [-0.1, -0.05) is 74.5 Å². The van der Waals surface area contributed by atoms with E-state index in [0.29, 0.717) is 0 Å². The predicted octanol–water partition coefficient (Wildman–Crippen LogP) is 5.56. The molecule has 0 spiro atoms. The Balaban J connectivity index is 1.53. The predicted molar refractivity (Wildman–Crippen MR) is 125 cm³/mol. The van der Waals surface area contributed by atoms with Crippen molar-refractivity contribution in [3.63, 3.8) is 0 Å². The Bertz CT molecular complexity index is 1240. The number of ether oxygens (including phenoxy) is 1. The molecule has 1 radical (unpaired) electrons. The van der Waals surface area contributed by atoms with Crippen molar-refractivity contribution in [3.8, 4) is 11.5 Å². The van der Waals surface area contributed by atoms with E-state index in [1.807, 2.05) is 18.2 Å². The summed E-state index contributed by atoms with van der Waals surface area (Å²) in [6.45, 7) is 4.62. The summed E-state index contributed by atoms with van der Waals surface area (Å²) in [5, 5.41) is 0. The van der Waals surface area contributed by atoms with Crippen LogP contribution in [0, 0.1) is 0 Å². The molecule has 2 aliphatic rings. The average Bonchev–Trinajstić information content (AvgIpc) is 2.78. The van der Waals surface area contributed by atoms with Gasteiger partial charge in [0.25, 0.3) is 0 Å². The van der Waals surface area contributed by atoms with Crippen molar-refractivity contribution in [2.45, 2.75) is 19.3 Å². The largest absolute Gasteiger partial charge is 0.458 e. The van der Waals surface area contributed by atoms with E-state index >= 15 is 0 Å². The molecule has 0 atom stereocenters. The summed E-state index contributed by atoms with van der Waals surface area (Å²) < 4.78 is 6.27. The molecule has 143 valence electrons. The van der Waals surface area contributed by atoms with Crippen molar-refractivity contribution in [2.75, 3.05) is 4.90 Å². The van der Waals surface area contributed by atoms with E-state index in [2.05, 4.69) is 98.8 Å². The number of anilines is 3. The van der Waals surface area contributed by atoms with Gasteiger partial charge in [0, 0.05) is 17.2 Å². The third kappa shape index (κ3) is 2.45. The number of hydrogen-bond acceptors (Lipinski definition) is 2. The number of benzene rings is 4. The van der Waals surface area contributed by atoms with Gasteiger partial charge in [-0.3, -0.25) is 0 Å². The molecule has 4 aromatic carbocycles. The summed E-state index contributed by atoms with van der Waals surface area (Å²) in [6, 6.07) is 32.1. The van der Waals surface area contributed by atoms with Gasteiger partial charge >= 0.3 is 0 Å². The molecule has 0 aliphatic carbocycles. The maximum atomic E-state index is 6.27. The summed E-state index contributed by atoms with van der Waals surface area (Å²) in [5.41, 5.74) is 8.39. The lowest BCUT2D eigenvalue weighted by atomic mass is 9.62. The molecule has 0 bridgehead atoms. The van der Waals surface area contributed by atoms with Gasteiger partial charge < -0.3 is 9.64 Å². The first-order valence-corrected chi connectivity index (χ1v) is 10.4. The number of para-hydroxylation sites is 3. The zero-order chi connectivity index (χ0) is 20.3. The van der Waals surface area contributed by atoms with E-state index in [1.165, 1.54) is 22.5 Å². The Kier molecular flexibility index (Phi) is 3.64. The lowest BCUT2D eigenvalue weighted by molar-refractivity contribution is 0.488. The summed E-state index contributed by atoms with van der Waals surface area (Å²) >= 11 is 0. The van der Waals surface area contributed by atoms with Gasteiger partial charge in [-0.15, -0.1) is 0 Å². The first-order chi connectivity index (χ1) is 14.6. The van der Waals surface area contributed by atoms with Crippen LogP contribution in [0.4, 0.5) is 17.1 Å². The van der Waals surface area contributed by atoms with Crippen LogP contribution >= 0.6 is 0 Å². The van der Waals surface area contributed by atoms with Crippen LogP contribution in [-0.2, 0) is 5.41 Å². The minimum atomic E-state index is -0.0545. The SMILES string of the molecule is CC1(C)c2ccccc2N(c2ccc3c(c2)Oc2ccccc2[B]3)c2ccccc21. The van der Waals surface area contributed by atoms with Crippen LogP contribution in [0.1, 0.15) is 25.0 Å². The lowest BCUT2D eigenvalue weighted by Gasteiger charge is -2.42. The summed E-state index contributed by atoms with van der Waals surface area (Å²) in [5.74, 6) is 1.80. The van der Waals surface area contributed by atoms with Crippen molar-refractivity contribution < 1.29 is 4.74 Å².